The Labute approximate surface area is 180 Å². The smallest absolute Gasteiger partial charge is 0.161 e. The summed E-state index contributed by atoms with van der Waals surface area (Å²) in [6, 6.07) is 6.08. The molecule has 0 bridgehead atoms. The standard InChI is InChI=1S/C24H43NO2.ClH/c1-4-5-6-7-8-9-10-11-12-13-14-15-16-17-22(25)21-18-19-23(26-2)24(20-21)27-3;/h18-20,22H,4-17,25H2,1-3H3;1H. The third-order valence-corrected chi connectivity index (χ3v) is 5.45. The third-order valence-electron chi connectivity index (χ3n) is 5.45. The third kappa shape index (κ3) is 11.8. The lowest BCUT2D eigenvalue weighted by Crippen LogP contribution is -2.10. The minimum absolute atomic E-state index is 0. The second kappa shape index (κ2) is 18.1. The molecule has 1 rings (SSSR count). The summed E-state index contributed by atoms with van der Waals surface area (Å²) in [6.07, 6.45) is 19.0. The van der Waals surface area contributed by atoms with E-state index in [1.54, 1.807) is 14.2 Å². The summed E-state index contributed by atoms with van der Waals surface area (Å²) < 4.78 is 10.7. The Kier molecular flexibility index (Phi) is 17.5. The van der Waals surface area contributed by atoms with Gasteiger partial charge in [-0.05, 0) is 24.1 Å². The predicted octanol–water partition coefficient (Wildman–Crippen LogP) is 7.61. The van der Waals surface area contributed by atoms with Gasteiger partial charge < -0.3 is 15.2 Å². The van der Waals surface area contributed by atoms with E-state index >= 15 is 0 Å². The fourth-order valence-corrected chi connectivity index (χ4v) is 3.63. The Morgan fingerprint density at radius 2 is 1.18 bits per heavy atom. The van der Waals surface area contributed by atoms with Crippen molar-refractivity contribution in [2.75, 3.05) is 14.2 Å². The highest BCUT2D eigenvalue weighted by molar-refractivity contribution is 5.85. The maximum Gasteiger partial charge on any atom is 0.161 e. The van der Waals surface area contributed by atoms with E-state index in [1.807, 2.05) is 18.2 Å². The van der Waals surface area contributed by atoms with Gasteiger partial charge in [0.15, 0.2) is 11.5 Å². The van der Waals surface area contributed by atoms with Crippen LogP contribution in [0.2, 0.25) is 0 Å². The molecule has 0 heterocycles. The second-order valence-electron chi connectivity index (χ2n) is 7.75. The lowest BCUT2D eigenvalue weighted by molar-refractivity contribution is 0.354. The molecule has 1 aromatic rings. The Morgan fingerprint density at radius 1 is 0.714 bits per heavy atom. The highest BCUT2D eigenvalue weighted by Gasteiger charge is 2.10. The molecule has 164 valence electrons. The number of nitrogens with two attached hydrogens (primary N) is 1. The zero-order valence-electron chi connectivity index (χ0n) is 18.5. The molecule has 0 saturated heterocycles. The Bertz CT molecular complexity index is 482. The zero-order chi connectivity index (χ0) is 19.7. The molecule has 4 heteroatoms. The molecule has 1 aromatic carbocycles. The van der Waals surface area contributed by atoms with Crippen LogP contribution in [0.1, 0.15) is 108 Å². The molecule has 0 aliphatic heterocycles. The monoisotopic (exact) mass is 413 g/mol. The van der Waals surface area contributed by atoms with Gasteiger partial charge in [0.25, 0.3) is 0 Å². The van der Waals surface area contributed by atoms with Crippen molar-refractivity contribution in [1.82, 2.24) is 0 Å². The van der Waals surface area contributed by atoms with Crippen molar-refractivity contribution >= 4 is 12.4 Å². The van der Waals surface area contributed by atoms with E-state index in [0.717, 1.165) is 23.5 Å². The van der Waals surface area contributed by atoms with E-state index in [0.29, 0.717) is 0 Å². The van der Waals surface area contributed by atoms with Crippen molar-refractivity contribution in [3.05, 3.63) is 23.8 Å². The number of unbranched alkanes of at least 4 members (excludes halogenated alkanes) is 12. The summed E-state index contributed by atoms with van der Waals surface area (Å²) in [5.74, 6) is 1.52. The summed E-state index contributed by atoms with van der Waals surface area (Å²) in [7, 11) is 3.32. The van der Waals surface area contributed by atoms with Gasteiger partial charge >= 0.3 is 0 Å². The molecule has 28 heavy (non-hydrogen) atoms. The second-order valence-corrected chi connectivity index (χ2v) is 7.75. The van der Waals surface area contributed by atoms with Crippen LogP contribution in [0.25, 0.3) is 0 Å². The molecule has 0 aliphatic rings. The maximum atomic E-state index is 6.35. The first-order valence-electron chi connectivity index (χ1n) is 11.2. The summed E-state index contributed by atoms with van der Waals surface area (Å²) in [6.45, 7) is 2.28. The quantitative estimate of drug-likeness (QED) is 0.267. The van der Waals surface area contributed by atoms with Crippen LogP contribution in [0, 0.1) is 0 Å². The van der Waals surface area contributed by atoms with Gasteiger partial charge in [-0.2, -0.15) is 0 Å². The Morgan fingerprint density at radius 3 is 1.64 bits per heavy atom. The molecular weight excluding hydrogens is 370 g/mol. The number of hydrogen-bond donors (Lipinski definition) is 1. The predicted molar refractivity (Wildman–Crippen MR) is 124 cm³/mol. The molecule has 3 nitrogen and oxygen atoms in total. The molecule has 1 unspecified atom stereocenters. The largest absolute Gasteiger partial charge is 0.493 e. The van der Waals surface area contributed by atoms with E-state index in [1.165, 1.54) is 83.5 Å². The molecule has 2 N–H and O–H groups in total. The Hall–Kier alpha value is -0.930. The highest BCUT2D eigenvalue weighted by Crippen LogP contribution is 2.30. The normalized spacial score (nSPS) is 11.7. The van der Waals surface area contributed by atoms with E-state index in [-0.39, 0.29) is 18.4 Å². The van der Waals surface area contributed by atoms with Crippen LogP contribution in [0.5, 0.6) is 11.5 Å². The molecule has 0 spiro atoms. The van der Waals surface area contributed by atoms with Crippen molar-refractivity contribution in [1.29, 1.82) is 0 Å². The van der Waals surface area contributed by atoms with Crippen molar-refractivity contribution in [2.24, 2.45) is 5.73 Å². The Balaban J connectivity index is 0.00000729. The maximum absolute atomic E-state index is 6.35. The molecular formula is C24H44ClNO2. The number of benzene rings is 1. The van der Waals surface area contributed by atoms with Crippen LogP contribution in [0.4, 0.5) is 0 Å². The van der Waals surface area contributed by atoms with E-state index < -0.39 is 0 Å². The lowest BCUT2D eigenvalue weighted by Gasteiger charge is -2.15. The van der Waals surface area contributed by atoms with Crippen LogP contribution < -0.4 is 15.2 Å². The van der Waals surface area contributed by atoms with Crippen molar-refractivity contribution in [3.63, 3.8) is 0 Å². The van der Waals surface area contributed by atoms with Gasteiger partial charge in [0, 0.05) is 6.04 Å². The molecule has 0 aliphatic carbocycles. The highest BCUT2D eigenvalue weighted by atomic mass is 35.5. The first-order valence-corrected chi connectivity index (χ1v) is 11.2. The number of ether oxygens (including phenoxy) is 2. The van der Waals surface area contributed by atoms with E-state index in [2.05, 4.69) is 6.92 Å². The van der Waals surface area contributed by atoms with Crippen molar-refractivity contribution in [3.8, 4) is 11.5 Å². The first kappa shape index (κ1) is 27.1. The van der Waals surface area contributed by atoms with Crippen LogP contribution in [0.15, 0.2) is 18.2 Å². The molecule has 0 fully saturated rings. The average molecular weight is 414 g/mol. The topological polar surface area (TPSA) is 44.5 Å². The minimum atomic E-state index is 0. The van der Waals surface area contributed by atoms with Gasteiger partial charge in [-0.3, -0.25) is 0 Å². The van der Waals surface area contributed by atoms with Gasteiger partial charge in [0.1, 0.15) is 0 Å². The van der Waals surface area contributed by atoms with Crippen molar-refractivity contribution in [2.45, 2.75) is 103 Å². The number of methoxy groups -OCH3 is 2. The van der Waals surface area contributed by atoms with Crippen LogP contribution in [-0.2, 0) is 0 Å². The number of rotatable bonds is 17. The number of hydrogen-bond acceptors (Lipinski definition) is 3. The summed E-state index contributed by atoms with van der Waals surface area (Å²) in [5, 5.41) is 0. The van der Waals surface area contributed by atoms with Gasteiger partial charge in [0.05, 0.1) is 14.2 Å². The minimum Gasteiger partial charge on any atom is -0.493 e. The average Bonchev–Trinajstić information content (AvgIpc) is 2.70. The fraction of sp³-hybridized carbons (Fsp3) is 0.750. The molecule has 0 amide bonds. The summed E-state index contributed by atoms with van der Waals surface area (Å²) in [5.41, 5.74) is 7.48. The number of halogens is 1. The van der Waals surface area contributed by atoms with Gasteiger partial charge in [-0.25, -0.2) is 0 Å². The molecule has 1 atom stereocenters. The van der Waals surface area contributed by atoms with E-state index in [4.69, 9.17) is 15.2 Å². The fourth-order valence-electron chi connectivity index (χ4n) is 3.63. The van der Waals surface area contributed by atoms with Gasteiger partial charge in [-0.15, -0.1) is 12.4 Å². The SMILES string of the molecule is CCCCCCCCCCCCCCCC(N)c1ccc(OC)c(OC)c1.Cl. The summed E-state index contributed by atoms with van der Waals surface area (Å²) >= 11 is 0. The lowest BCUT2D eigenvalue weighted by atomic mass is 9.99. The molecule has 0 saturated carbocycles. The van der Waals surface area contributed by atoms with Gasteiger partial charge in [-0.1, -0.05) is 96.5 Å². The van der Waals surface area contributed by atoms with Crippen LogP contribution in [0.3, 0.4) is 0 Å². The van der Waals surface area contributed by atoms with Gasteiger partial charge in [0.2, 0.25) is 0 Å². The summed E-state index contributed by atoms with van der Waals surface area (Å²) in [4.78, 5) is 0. The van der Waals surface area contributed by atoms with Crippen LogP contribution in [-0.4, -0.2) is 14.2 Å². The van der Waals surface area contributed by atoms with Crippen molar-refractivity contribution < 1.29 is 9.47 Å². The zero-order valence-corrected chi connectivity index (χ0v) is 19.3. The molecule has 0 radical (unpaired) electrons. The first-order chi connectivity index (χ1) is 13.2. The molecule has 0 aromatic heterocycles. The van der Waals surface area contributed by atoms with Crippen LogP contribution >= 0.6 is 12.4 Å². The van der Waals surface area contributed by atoms with E-state index in [9.17, 15) is 0 Å².